The van der Waals surface area contributed by atoms with Crippen LogP contribution in [-0.2, 0) is 18.4 Å². The van der Waals surface area contributed by atoms with Crippen molar-refractivity contribution in [2.24, 2.45) is 5.92 Å². The third-order valence-electron chi connectivity index (χ3n) is 6.62. The number of hydrogen-bond acceptors (Lipinski definition) is 4. The first-order chi connectivity index (χ1) is 16.8. The Morgan fingerprint density at radius 2 is 1.20 bits per heavy atom. The summed E-state index contributed by atoms with van der Waals surface area (Å²) in [6, 6.07) is 0. The van der Waals surface area contributed by atoms with Gasteiger partial charge in [0.25, 0.3) is 0 Å². The topological polar surface area (TPSA) is 77.3 Å². The molecule has 0 aliphatic heterocycles. The van der Waals surface area contributed by atoms with Crippen LogP contribution in [0.2, 0.25) is 0 Å². The average molecular weight is 521 g/mol. The number of ketones is 1. The molecule has 0 bridgehead atoms. The monoisotopic (exact) mass is 520 g/mol. The normalized spacial score (nSPS) is 14.3. The lowest BCUT2D eigenvalue weighted by atomic mass is 9.96. The van der Waals surface area contributed by atoms with Crippen LogP contribution >= 0.6 is 7.82 Å². The highest BCUT2D eigenvalue weighted by atomic mass is 31.2. The molecule has 0 aliphatic rings. The highest BCUT2D eigenvalue weighted by Gasteiger charge is 2.24. The molecule has 0 fully saturated rings. The Balaban J connectivity index is 3.68. The summed E-state index contributed by atoms with van der Waals surface area (Å²) in [7, 11) is -0.143. The highest BCUT2D eigenvalue weighted by molar-refractivity contribution is 7.47. The van der Waals surface area contributed by atoms with E-state index in [0.717, 1.165) is 24.2 Å². The molecule has 2 atom stereocenters. The van der Waals surface area contributed by atoms with Gasteiger partial charge in [0.05, 0.1) is 20.7 Å². The molecular formula is C28H59NO5P+. The van der Waals surface area contributed by atoms with Crippen molar-refractivity contribution < 1.29 is 28.2 Å². The van der Waals surface area contributed by atoms with Crippen molar-refractivity contribution in [3.63, 3.8) is 0 Å². The second-order valence-electron chi connectivity index (χ2n) is 10.8. The van der Waals surface area contributed by atoms with E-state index in [1.165, 1.54) is 96.3 Å². The third kappa shape index (κ3) is 26.6. The summed E-state index contributed by atoms with van der Waals surface area (Å²) in [6.45, 7) is 4.74. The van der Waals surface area contributed by atoms with Gasteiger partial charge in [-0.3, -0.25) is 9.05 Å². The van der Waals surface area contributed by atoms with Gasteiger partial charge in [-0.05, 0) is 19.3 Å². The molecule has 0 rings (SSSR count). The molecule has 0 aliphatic carbocycles. The summed E-state index contributed by atoms with van der Waals surface area (Å²) in [6.07, 6.45) is 24.0. The molecule has 0 radical (unpaired) electrons. The molecule has 0 aromatic heterocycles. The van der Waals surface area contributed by atoms with Gasteiger partial charge in [0.1, 0.15) is 18.9 Å². The molecule has 0 saturated heterocycles. The van der Waals surface area contributed by atoms with E-state index in [4.69, 9.17) is 9.05 Å². The summed E-state index contributed by atoms with van der Waals surface area (Å²) >= 11 is 0. The van der Waals surface area contributed by atoms with Gasteiger partial charge in [-0.25, -0.2) is 4.57 Å². The lowest BCUT2D eigenvalue weighted by Gasteiger charge is -2.18. The van der Waals surface area contributed by atoms with Crippen LogP contribution in [0.5, 0.6) is 0 Å². The standard InChI is InChI=1S/C28H58NO5P/c1-5-6-7-8-9-10-11-12-13-14-15-16-17-18-19-20-21-22-28(25-27(2)30)26-34-35(31,32)33-24-23-29(3)4/h28H,5-26H2,1-4H3,(H,31,32)/p+1. The highest BCUT2D eigenvalue weighted by Crippen LogP contribution is 2.43. The average Bonchev–Trinajstić information content (AvgIpc) is 2.78. The van der Waals surface area contributed by atoms with E-state index in [0.29, 0.717) is 13.0 Å². The van der Waals surface area contributed by atoms with Crippen LogP contribution in [0.3, 0.4) is 0 Å². The maximum absolute atomic E-state index is 12.0. The molecule has 35 heavy (non-hydrogen) atoms. The third-order valence-corrected chi connectivity index (χ3v) is 7.61. The Morgan fingerprint density at radius 3 is 1.60 bits per heavy atom. The van der Waals surface area contributed by atoms with E-state index in [1.54, 1.807) is 6.92 Å². The van der Waals surface area contributed by atoms with Crippen molar-refractivity contribution in [1.82, 2.24) is 0 Å². The maximum Gasteiger partial charge on any atom is 0.472 e. The Morgan fingerprint density at radius 1 is 0.771 bits per heavy atom. The van der Waals surface area contributed by atoms with Gasteiger partial charge in [0.2, 0.25) is 0 Å². The van der Waals surface area contributed by atoms with Crippen molar-refractivity contribution in [2.75, 3.05) is 33.9 Å². The van der Waals surface area contributed by atoms with Gasteiger partial charge < -0.3 is 14.6 Å². The van der Waals surface area contributed by atoms with E-state index < -0.39 is 7.82 Å². The number of hydrogen-bond donors (Lipinski definition) is 2. The number of rotatable bonds is 27. The second-order valence-corrected chi connectivity index (χ2v) is 12.2. The fourth-order valence-corrected chi connectivity index (χ4v) is 5.21. The van der Waals surface area contributed by atoms with E-state index >= 15 is 0 Å². The minimum absolute atomic E-state index is 0.0209. The van der Waals surface area contributed by atoms with Gasteiger partial charge >= 0.3 is 7.82 Å². The molecule has 210 valence electrons. The lowest BCUT2D eigenvalue weighted by molar-refractivity contribution is -0.858. The number of Topliss-reactive ketones (excluding diaryl/α,β-unsaturated/α-hetero) is 1. The van der Waals surface area contributed by atoms with Gasteiger partial charge in [0, 0.05) is 6.42 Å². The fourth-order valence-electron chi connectivity index (χ4n) is 4.41. The zero-order valence-electron chi connectivity index (χ0n) is 23.7. The second kappa shape index (κ2) is 24.1. The first-order valence-electron chi connectivity index (χ1n) is 14.7. The summed E-state index contributed by atoms with van der Waals surface area (Å²) in [5.74, 6) is 0.0721. The molecule has 6 nitrogen and oxygen atoms in total. The number of carbonyl (C=O) groups excluding carboxylic acids is 1. The van der Waals surface area contributed by atoms with Gasteiger partial charge in [-0.2, -0.15) is 0 Å². The molecule has 0 aromatic rings. The zero-order valence-corrected chi connectivity index (χ0v) is 24.6. The first kappa shape index (κ1) is 34.7. The molecular weight excluding hydrogens is 461 g/mol. The van der Waals surface area contributed by atoms with Crippen LogP contribution in [0.15, 0.2) is 0 Å². The summed E-state index contributed by atoms with van der Waals surface area (Å²) in [5, 5.41) is 0. The van der Waals surface area contributed by atoms with Crippen molar-refractivity contribution >= 4 is 13.6 Å². The molecule has 2 N–H and O–H groups in total. The van der Waals surface area contributed by atoms with Gasteiger partial charge in [0.15, 0.2) is 0 Å². The number of phosphoric acid groups is 1. The zero-order chi connectivity index (χ0) is 26.2. The van der Waals surface area contributed by atoms with Crippen LogP contribution < -0.4 is 4.90 Å². The van der Waals surface area contributed by atoms with E-state index in [-0.39, 0.29) is 24.9 Å². The maximum atomic E-state index is 12.0. The number of phosphoric ester groups is 1. The number of nitrogens with one attached hydrogen (secondary N) is 1. The predicted octanol–water partition coefficient (Wildman–Crippen LogP) is 6.90. The largest absolute Gasteiger partial charge is 0.472 e. The molecule has 7 heteroatoms. The van der Waals surface area contributed by atoms with Gasteiger partial charge in [-0.1, -0.05) is 116 Å². The smallest absolute Gasteiger partial charge is 0.338 e. The van der Waals surface area contributed by atoms with Crippen LogP contribution in [0.25, 0.3) is 0 Å². The SMILES string of the molecule is CCCCCCCCCCCCCCCCCCCC(COP(=O)(O)OCC[NH+](C)C)CC(C)=O. The van der Waals surface area contributed by atoms with Gasteiger partial charge in [-0.15, -0.1) is 0 Å². The molecule has 0 aromatic carbocycles. The summed E-state index contributed by atoms with van der Waals surface area (Å²) in [4.78, 5) is 22.6. The lowest BCUT2D eigenvalue weighted by Crippen LogP contribution is -3.06. The molecule has 0 amide bonds. The minimum atomic E-state index is -4.05. The number of likely N-dealkylation sites (N-methyl/N-ethyl adjacent to an activating group) is 1. The predicted molar refractivity (Wildman–Crippen MR) is 147 cm³/mol. The number of unbranched alkanes of at least 4 members (excludes halogenated alkanes) is 16. The van der Waals surface area contributed by atoms with E-state index in [2.05, 4.69) is 6.92 Å². The van der Waals surface area contributed by atoms with Crippen LogP contribution in [0, 0.1) is 5.92 Å². The van der Waals surface area contributed by atoms with Crippen LogP contribution in [0.1, 0.15) is 136 Å². The van der Waals surface area contributed by atoms with Crippen molar-refractivity contribution in [3.8, 4) is 0 Å². The Bertz CT molecular complexity index is 529. The Hall–Kier alpha value is -0.260. The summed E-state index contributed by atoms with van der Waals surface area (Å²) in [5.41, 5.74) is 0. The summed E-state index contributed by atoms with van der Waals surface area (Å²) < 4.78 is 22.2. The fraction of sp³-hybridized carbons (Fsp3) is 0.964. The van der Waals surface area contributed by atoms with Crippen LogP contribution in [-0.4, -0.2) is 44.5 Å². The molecule has 2 unspecified atom stereocenters. The first-order valence-corrected chi connectivity index (χ1v) is 16.2. The minimum Gasteiger partial charge on any atom is -0.338 e. The number of carbonyl (C=O) groups is 1. The van der Waals surface area contributed by atoms with Crippen molar-refractivity contribution in [3.05, 3.63) is 0 Å². The van der Waals surface area contributed by atoms with E-state index in [9.17, 15) is 14.3 Å². The van der Waals surface area contributed by atoms with Crippen molar-refractivity contribution in [2.45, 2.75) is 136 Å². The number of quaternary nitrogens is 1. The quantitative estimate of drug-likeness (QED) is 0.0910. The molecule has 0 heterocycles. The Labute approximate surface area is 217 Å². The molecule has 0 spiro atoms. The van der Waals surface area contributed by atoms with Crippen molar-refractivity contribution in [1.29, 1.82) is 0 Å². The van der Waals surface area contributed by atoms with E-state index in [1.807, 2.05) is 14.1 Å². The molecule has 0 saturated carbocycles. The Kier molecular flexibility index (Phi) is 23.9. The van der Waals surface area contributed by atoms with Crippen LogP contribution in [0.4, 0.5) is 0 Å².